The fraction of sp³-hybridized carbons (Fsp3) is 0.500. The Balaban J connectivity index is 1.77. The molecular formula is C14H21N3O. The number of amides is 2. The Morgan fingerprint density at radius 2 is 2.11 bits per heavy atom. The molecule has 0 radical (unpaired) electrons. The van der Waals surface area contributed by atoms with Gasteiger partial charge in [0, 0.05) is 18.3 Å². The Morgan fingerprint density at radius 1 is 1.39 bits per heavy atom. The highest BCUT2D eigenvalue weighted by Gasteiger charge is 2.37. The molecule has 1 aliphatic carbocycles. The summed E-state index contributed by atoms with van der Waals surface area (Å²) in [5.74, 6) is 0.681. The smallest absolute Gasteiger partial charge is 0.319 e. The minimum atomic E-state index is -0.112. The highest BCUT2D eigenvalue weighted by molar-refractivity contribution is 5.89. The predicted molar refractivity (Wildman–Crippen MR) is 73.3 cm³/mol. The van der Waals surface area contributed by atoms with Gasteiger partial charge in [-0.2, -0.15) is 0 Å². The molecule has 1 fully saturated rings. The van der Waals surface area contributed by atoms with Crippen LogP contribution in [-0.4, -0.2) is 12.1 Å². The molecule has 98 valence electrons. The lowest BCUT2D eigenvalue weighted by Gasteiger charge is -2.07. The van der Waals surface area contributed by atoms with Gasteiger partial charge in [0.25, 0.3) is 0 Å². The summed E-state index contributed by atoms with van der Waals surface area (Å²) in [6, 6.07) is 7.85. The van der Waals surface area contributed by atoms with Gasteiger partial charge in [-0.1, -0.05) is 25.5 Å². The molecule has 0 aromatic heterocycles. The normalized spacial score (nSPS) is 21.4. The van der Waals surface area contributed by atoms with Crippen LogP contribution in [0.2, 0.25) is 0 Å². The Hall–Kier alpha value is -1.55. The molecule has 2 unspecified atom stereocenters. The summed E-state index contributed by atoms with van der Waals surface area (Å²) in [5.41, 5.74) is 7.38. The van der Waals surface area contributed by atoms with Gasteiger partial charge in [-0.25, -0.2) is 4.79 Å². The molecule has 2 rings (SSSR count). The van der Waals surface area contributed by atoms with Crippen LogP contribution in [0.3, 0.4) is 0 Å². The van der Waals surface area contributed by atoms with E-state index in [-0.39, 0.29) is 6.03 Å². The van der Waals surface area contributed by atoms with Gasteiger partial charge in [-0.15, -0.1) is 0 Å². The summed E-state index contributed by atoms with van der Waals surface area (Å²) in [5, 5.41) is 5.83. The predicted octanol–water partition coefficient (Wildman–Crippen LogP) is 2.46. The number of carbonyl (C=O) groups is 1. The van der Waals surface area contributed by atoms with Crippen molar-refractivity contribution in [1.82, 2.24) is 5.32 Å². The van der Waals surface area contributed by atoms with Crippen molar-refractivity contribution >= 4 is 11.7 Å². The summed E-state index contributed by atoms with van der Waals surface area (Å²) in [6.07, 6.45) is 3.51. The lowest BCUT2D eigenvalue weighted by atomic mass is 10.2. The van der Waals surface area contributed by atoms with Crippen LogP contribution in [0, 0.1) is 5.92 Å². The monoisotopic (exact) mass is 247 g/mol. The van der Waals surface area contributed by atoms with E-state index in [0.29, 0.717) is 18.5 Å². The van der Waals surface area contributed by atoms with Crippen molar-refractivity contribution in [3.63, 3.8) is 0 Å². The van der Waals surface area contributed by atoms with Crippen molar-refractivity contribution in [2.24, 2.45) is 11.7 Å². The number of urea groups is 1. The van der Waals surface area contributed by atoms with Crippen LogP contribution in [0.15, 0.2) is 24.3 Å². The van der Waals surface area contributed by atoms with Crippen molar-refractivity contribution in [3.05, 3.63) is 29.8 Å². The highest BCUT2D eigenvalue weighted by Crippen LogP contribution is 2.34. The van der Waals surface area contributed by atoms with E-state index in [0.717, 1.165) is 17.7 Å². The Bertz CT molecular complexity index is 402. The second-order valence-corrected chi connectivity index (χ2v) is 4.89. The number of benzene rings is 1. The van der Waals surface area contributed by atoms with Crippen LogP contribution >= 0.6 is 0 Å². The fourth-order valence-corrected chi connectivity index (χ4v) is 2.17. The molecule has 0 aliphatic heterocycles. The van der Waals surface area contributed by atoms with Crippen LogP contribution < -0.4 is 16.4 Å². The van der Waals surface area contributed by atoms with E-state index in [1.165, 1.54) is 12.8 Å². The first-order valence-corrected chi connectivity index (χ1v) is 6.59. The van der Waals surface area contributed by atoms with Crippen LogP contribution in [0.25, 0.3) is 0 Å². The zero-order valence-corrected chi connectivity index (χ0v) is 10.8. The Labute approximate surface area is 108 Å². The summed E-state index contributed by atoms with van der Waals surface area (Å²) in [7, 11) is 0. The third-order valence-electron chi connectivity index (χ3n) is 3.35. The molecule has 1 aromatic carbocycles. The molecule has 0 saturated heterocycles. The van der Waals surface area contributed by atoms with Gasteiger partial charge in [-0.05, 0) is 36.5 Å². The second-order valence-electron chi connectivity index (χ2n) is 4.89. The zero-order chi connectivity index (χ0) is 13.0. The number of hydrogen-bond acceptors (Lipinski definition) is 2. The molecular weight excluding hydrogens is 226 g/mol. The van der Waals surface area contributed by atoms with Crippen molar-refractivity contribution in [2.45, 2.75) is 38.8 Å². The van der Waals surface area contributed by atoms with Gasteiger partial charge in [0.1, 0.15) is 0 Å². The van der Waals surface area contributed by atoms with Crippen LogP contribution in [0.1, 0.15) is 31.7 Å². The first-order chi connectivity index (χ1) is 8.72. The van der Waals surface area contributed by atoms with E-state index in [9.17, 15) is 4.79 Å². The lowest BCUT2D eigenvalue weighted by Crippen LogP contribution is -2.31. The number of hydrogen-bond donors (Lipinski definition) is 3. The van der Waals surface area contributed by atoms with E-state index in [1.54, 1.807) is 0 Å². The molecule has 0 spiro atoms. The third-order valence-corrected chi connectivity index (χ3v) is 3.35. The molecule has 1 saturated carbocycles. The molecule has 2 amide bonds. The maximum absolute atomic E-state index is 11.7. The minimum absolute atomic E-state index is 0.112. The number of nitrogens with two attached hydrogens (primary N) is 1. The third kappa shape index (κ3) is 3.47. The Kier molecular flexibility index (Phi) is 4.20. The summed E-state index contributed by atoms with van der Waals surface area (Å²) < 4.78 is 0. The van der Waals surface area contributed by atoms with Crippen LogP contribution in [0.4, 0.5) is 10.5 Å². The topological polar surface area (TPSA) is 67.2 Å². The molecule has 1 aromatic rings. The zero-order valence-electron chi connectivity index (χ0n) is 10.8. The molecule has 2 atom stereocenters. The van der Waals surface area contributed by atoms with E-state index in [4.69, 9.17) is 5.73 Å². The van der Waals surface area contributed by atoms with Crippen molar-refractivity contribution < 1.29 is 4.79 Å². The number of anilines is 1. The van der Waals surface area contributed by atoms with Crippen LogP contribution in [0.5, 0.6) is 0 Å². The Morgan fingerprint density at radius 3 is 2.72 bits per heavy atom. The van der Waals surface area contributed by atoms with Gasteiger partial charge in [0.15, 0.2) is 0 Å². The van der Waals surface area contributed by atoms with Gasteiger partial charge in [0.05, 0.1) is 0 Å². The highest BCUT2D eigenvalue weighted by atomic mass is 16.2. The van der Waals surface area contributed by atoms with E-state index in [2.05, 4.69) is 17.6 Å². The number of nitrogens with one attached hydrogen (secondary N) is 2. The van der Waals surface area contributed by atoms with Crippen molar-refractivity contribution in [2.75, 3.05) is 5.32 Å². The molecule has 4 heteroatoms. The largest absolute Gasteiger partial charge is 0.335 e. The molecule has 0 heterocycles. The maximum Gasteiger partial charge on any atom is 0.319 e. The molecule has 18 heavy (non-hydrogen) atoms. The van der Waals surface area contributed by atoms with Gasteiger partial charge in [-0.3, -0.25) is 0 Å². The summed E-state index contributed by atoms with van der Waals surface area (Å²) in [6.45, 7) is 2.70. The average molecular weight is 247 g/mol. The van der Waals surface area contributed by atoms with E-state index in [1.807, 2.05) is 24.3 Å². The van der Waals surface area contributed by atoms with Gasteiger partial charge >= 0.3 is 6.03 Å². The SMILES string of the molecule is CCCC1CC1NC(=O)Nc1ccc(CN)cc1. The standard InChI is InChI=1S/C14H21N3O/c1-2-3-11-8-13(11)17-14(18)16-12-6-4-10(9-15)5-7-12/h4-7,11,13H,2-3,8-9,15H2,1H3,(H2,16,17,18). The quantitative estimate of drug-likeness (QED) is 0.748. The van der Waals surface area contributed by atoms with Crippen molar-refractivity contribution in [1.29, 1.82) is 0 Å². The summed E-state index contributed by atoms with van der Waals surface area (Å²) >= 11 is 0. The number of carbonyl (C=O) groups excluding carboxylic acids is 1. The number of rotatable bonds is 5. The maximum atomic E-state index is 11.7. The van der Waals surface area contributed by atoms with Gasteiger partial charge in [0.2, 0.25) is 0 Å². The second kappa shape index (κ2) is 5.87. The molecule has 1 aliphatic rings. The molecule has 0 bridgehead atoms. The minimum Gasteiger partial charge on any atom is -0.335 e. The lowest BCUT2D eigenvalue weighted by molar-refractivity contribution is 0.251. The first kappa shape index (κ1) is 12.9. The van der Waals surface area contributed by atoms with E-state index >= 15 is 0 Å². The first-order valence-electron chi connectivity index (χ1n) is 6.59. The van der Waals surface area contributed by atoms with E-state index < -0.39 is 0 Å². The van der Waals surface area contributed by atoms with Crippen LogP contribution in [-0.2, 0) is 6.54 Å². The van der Waals surface area contributed by atoms with Gasteiger partial charge < -0.3 is 16.4 Å². The molecule has 4 N–H and O–H groups in total. The average Bonchev–Trinajstić information content (AvgIpc) is 3.08. The summed E-state index contributed by atoms with van der Waals surface area (Å²) in [4.78, 5) is 11.7. The fourth-order valence-electron chi connectivity index (χ4n) is 2.17. The van der Waals surface area contributed by atoms with Crippen molar-refractivity contribution in [3.8, 4) is 0 Å². The molecule has 4 nitrogen and oxygen atoms in total.